The van der Waals surface area contributed by atoms with Crippen molar-refractivity contribution in [2.45, 2.75) is 39.2 Å². The lowest BCUT2D eigenvalue weighted by molar-refractivity contribution is -0.132. The van der Waals surface area contributed by atoms with Gasteiger partial charge in [0.2, 0.25) is 5.91 Å². The average Bonchev–Trinajstić information content (AvgIpc) is 3.23. The lowest BCUT2D eigenvalue weighted by Crippen LogP contribution is -2.43. The third kappa shape index (κ3) is 5.94. The van der Waals surface area contributed by atoms with Crippen molar-refractivity contribution < 1.29 is 14.0 Å². The van der Waals surface area contributed by atoms with Crippen molar-refractivity contribution in [3.8, 4) is 0 Å². The molecule has 2 aromatic heterocycles. The summed E-state index contributed by atoms with van der Waals surface area (Å²) in [5.74, 6) is 0.861. The number of carbonyl (C=O) groups is 2. The molecule has 1 aliphatic heterocycles. The molecule has 10 heteroatoms. The zero-order valence-electron chi connectivity index (χ0n) is 15.8. The molecular formula is C18H26Cl2N4O3S. The molecule has 0 radical (unpaired) electrons. The van der Waals surface area contributed by atoms with E-state index in [2.05, 4.69) is 10.3 Å². The molecule has 1 fully saturated rings. The van der Waals surface area contributed by atoms with E-state index in [4.69, 9.17) is 10.2 Å². The summed E-state index contributed by atoms with van der Waals surface area (Å²) >= 11 is 1.31. The first kappa shape index (κ1) is 24.4. The van der Waals surface area contributed by atoms with E-state index in [1.807, 2.05) is 17.2 Å². The van der Waals surface area contributed by atoms with Crippen LogP contribution in [0.2, 0.25) is 0 Å². The first-order chi connectivity index (χ1) is 12.4. The normalized spacial score (nSPS) is 15.3. The summed E-state index contributed by atoms with van der Waals surface area (Å²) in [6, 6.07) is 1.80. The molecule has 0 saturated carbocycles. The van der Waals surface area contributed by atoms with Crippen LogP contribution >= 0.6 is 36.2 Å². The number of thiazole rings is 1. The van der Waals surface area contributed by atoms with Gasteiger partial charge in [0.1, 0.15) is 5.76 Å². The third-order valence-corrected chi connectivity index (χ3v) is 5.65. The molecule has 3 heterocycles. The molecule has 1 saturated heterocycles. The number of hydrogen-bond donors (Lipinski definition) is 2. The molecule has 1 aliphatic rings. The van der Waals surface area contributed by atoms with E-state index in [9.17, 15) is 9.59 Å². The molecule has 0 spiro atoms. The van der Waals surface area contributed by atoms with Crippen LogP contribution in [-0.4, -0.2) is 40.8 Å². The lowest BCUT2D eigenvalue weighted by atomic mass is 9.91. The first-order valence-corrected chi connectivity index (χ1v) is 9.65. The summed E-state index contributed by atoms with van der Waals surface area (Å²) in [5.41, 5.74) is 7.10. The predicted molar refractivity (Wildman–Crippen MR) is 115 cm³/mol. The van der Waals surface area contributed by atoms with Crippen LogP contribution in [0, 0.1) is 12.8 Å². The van der Waals surface area contributed by atoms with E-state index in [0.717, 1.165) is 25.9 Å². The monoisotopic (exact) mass is 448 g/mol. The summed E-state index contributed by atoms with van der Waals surface area (Å²) in [5, 5.41) is 5.04. The Bertz CT molecular complexity index is 785. The van der Waals surface area contributed by atoms with Gasteiger partial charge in [0.25, 0.3) is 5.91 Å². The van der Waals surface area contributed by atoms with Crippen molar-refractivity contribution >= 4 is 53.1 Å². The summed E-state index contributed by atoms with van der Waals surface area (Å²) < 4.78 is 5.13. The molecule has 0 aromatic carbocycles. The molecule has 3 N–H and O–H groups in total. The van der Waals surface area contributed by atoms with Gasteiger partial charge in [-0.15, -0.1) is 36.2 Å². The number of amides is 2. The molecule has 2 amide bonds. The number of carbonyl (C=O) groups excluding carboxylic acids is 2. The number of aryl methyl sites for hydroxylation is 1. The van der Waals surface area contributed by atoms with Gasteiger partial charge in [0.15, 0.2) is 5.13 Å². The predicted octanol–water partition coefficient (Wildman–Crippen LogP) is 3.27. The van der Waals surface area contributed by atoms with Crippen LogP contribution in [-0.2, 0) is 11.2 Å². The van der Waals surface area contributed by atoms with E-state index >= 15 is 0 Å². The van der Waals surface area contributed by atoms with Crippen molar-refractivity contribution in [3.05, 3.63) is 34.7 Å². The number of nitrogens with zero attached hydrogens (tertiary/aromatic N) is 2. The Morgan fingerprint density at radius 1 is 1.39 bits per heavy atom. The average molecular weight is 449 g/mol. The highest BCUT2D eigenvalue weighted by molar-refractivity contribution is 7.14. The van der Waals surface area contributed by atoms with Crippen molar-refractivity contribution in [2.75, 3.05) is 18.4 Å². The molecule has 156 valence electrons. The van der Waals surface area contributed by atoms with Crippen LogP contribution in [0.5, 0.6) is 0 Å². The molecule has 28 heavy (non-hydrogen) atoms. The Balaban J connectivity index is 0.00000196. The number of likely N-dealkylation sites (tertiary alicyclic amines) is 1. The third-order valence-electron chi connectivity index (χ3n) is 4.84. The molecule has 2 aromatic rings. The number of nitrogens with one attached hydrogen (secondary N) is 1. The second kappa shape index (κ2) is 10.8. The van der Waals surface area contributed by atoms with Crippen molar-refractivity contribution in [2.24, 2.45) is 11.7 Å². The lowest BCUT2D eigenvalue weighted by Gasteiger charge is -2.33. The molecule has 1 unspecified atom stereocenters. The maximum absolute atomic E-state index is 12.5. The quantitative estimate of drug-likeness (QED) is 0.730. The minimum absolute atomic E-state index is 0. The second-order valence-corrected chi connectivity index (χ2v) is 7.60. The summed E-state index contributed by atoms with van der Waals surface area (Å²) in [6.45, 7) is 5.25. The summed E-state index contributed by atoms with van der Waals surface area (Å²) in [4.78, 5) is 30.9. The fourth-order valence-electron chi connectivity index (χ4n) is 3.17. The van der Waals surface area contributed by atoms with Gasteiger partial charge in [-0.1, -0.05) is 0 Å². The van der Waals surface area contributed by atoms with Crippen LogP contribution in [0.15, 0.2) is 22.1 Å². The van der Waals surface area contributed by atoms with Gasteiger partial charge >= 0.3 is 0 Å². The first-order valence-electron chi connectivity index (χ1n) is 8.77. The zero-order valence-corrected chi connectivity index (χ0v) is 18.3. The zero-order chi connectivity index (χ0) is 18.7. The number of piperidine rings is 1. The Morgan fingerprint density at radius 2 is 2.07 bits per heavy atom. The van der Waals surface area contributed by atoms with Crippen molar-refractivity contribution in [1.29, 1.82) is 0 Å². The van der Waals surface area contributed by atoms with Crippen molar-refractivity contribution in [1.82, 2.24) is 9.88 Å². The van der Waals surface area contributed by atoms with Gasteiger partial charge in [0, 0.05) is 24.5 Å². The largest absolute Gasteiger partial charge is 0.469 e. The molecule has 7 nitrogen and oxygen atoms in total. The Morgan fingerprint density at radius 3 is 2.64 bits per heavy atom. The number of furan rings is 1. The van der Waals surface area contributed by atoms with Gasteiger partial charge in [-0.2, -0.15) is 0 Å². The maximum atomic E-state index is 12.5. The van der Waals surface area contributed by atoms with Gasteiger partial charge < -0.3 is 15.1 Å². The number of halogens is 2. The fraction of sp³-hybridized carbons (Fsp3) is 0.500. The van der Waals surface area contributed by atoms with E-state index in [1.54, 1.807) is 13.0 Å². The number of anilines is 1. The molecular weight excluding hydrogens is 423 g/mol. The molecule has 0 aliphatic carbocycles. The second-order valence-electron chi connectivity index (χ2n) is 6.74. The summed E-state index contributed by atoms with van der Waals surface area (Å²) in [7, 11) is 0. The number of rotatable bonds is 5. The van der Waals surface area contributed by atoms with Crippen LogP contribution in [0.4, 0.5) is 5.13 Å². The minimum atomic E-state index is -0.263. The Hall–Kier alpha value is -1.61. The highest BCUT2D eigenvalue weighted by atomic mass is 35.5. The molecule has 1 atom stereocenters. The van der Waals surface area contributed by atoms with Crippen molar-refractivity contribution in [3.63, 3.8) is 0 Å². The van der Waals surface area contributed by atoms with Crippen LogP contribution in [0.25, 0.3) is 0 Å². The van der Waals surface area contributed by atoms with E-state index in [-0.39, 0.29) is 49.1 Å². The SMILES string of the molecule is Cc1occc1C(=O)Nc1nc(CC(=O)N2CCC(C(C)N)CC2)cs1.Cl.Cl. The van der Waals surface area contributed by atoms with Crippen LogP contribution < -0.4 is 11.1 Å². The van der Waals surface area contributed by atoms with Crippen LogP contribution in [0.1, 0.15) is 41.6 Å². The standard InChI is InChI=1S/C18H24N4O3S.2ClH/c1-11(19)13-3-6-22(7-4-13)16(23)9-14-10-26-18(20-14)21-17(24)15-5-8-25-12(15)2;;/h5,8,10-11,13H,3-4,6-7,9,19H2,1-2H3,(H,20,21,24);2*1H. The van der Waals surface area contributed by atoms with Gasteiger partial charge in [-0.05, 0) is 38.7 Å². The maximum Gasteiger partial charge on any atom is 0.260 e. The Labute approximate surface area is 180 Å². The van der Waals surface area contributed by atoms with E-state index < -0.39 is 0 Å². The highest BCUT2D eigenvalue weighted by Crippen LogP contribution is 2.22. The minimum Gasteiger partial charge on any atom is -0.469 e. The Kier molecular flexibility index (Phi) is 9.43. The summed E-state index contributed by atoms with van der Waals surface area (Å²) in [6.07, 6.45) is 3.63. The van der Waals surface area contributed by atoms with Gasteiger partial charge in [-0.25, -0.2) is 4.98 Å². The van der Waals surface area contributed by atoms with Crippen LogP contribution in [0.3, 0.4) is 0 Å². The molecule has 0 bridgehead atoms. The van der Waals surface area contributed by atoms with E-state index in [1.165, 1.54) is 17.6 Å². The van der Waals surface area contributed by atoms with Gasteiger partial charge in [-0.3, -0.25) is 14.9 Å². The number of aromatic nitrogens is 1. The topological polar surface area (TPSA) is 101 Å². The molecule has 3 rings (SSSR count). The number of nitrogens with two attached hydrogens (primary N) is 1. The smallest absolute Gasteiger partial charge is 0.260 e. The van der Waals surface area contributed by atoms with Gasteiger partial charge in [0.05, 0.1) is 23.9 Å². The van der Waals surface area contributed by atoms with E-state index in [0.29, 0.717) is 28.1 Å². The number of hydrogen-bond acceptors (Lipinski definition) is 6. The fourth-order valence-corrected chi connectivity index (χ4v) is 3.88. The highest BCUT2D eigenvalue weighted by Gasteiger charge is 2.25.